The third-order valence-electron chi connectivity index (χ3n) is 5.86. The van der Waals surface area contributed by atoms with Crippen molar-refractivity contribution in [2.75, 3.05) is 26.7 Å². The highest BCUT2D eigenvalue weighted by Gasteiger charge is 2.46. The van der Waals surface area contributed by atoms with Crippen LogP contribution in [0, 0.1) is 11.8 Å². The van der Waals surface area contributed by atoms with Gasteiger partial charge in [0.15, 0.2) is 0 Å². The molecule has 28 heavy (non-hydrogen) atoms. The lowest BCUT2D eigenvalue weighted by Crippen LogP contribution is -2.34. The molecule has 5 rings (SSSR count). The zero-order valence-corrected chi connectivity index (χ0v) is 17.1. The highest BCUT2D eigenvalue weighted by Crippen LogP contribution is 2.43. The van der Waals surface area contributed by atoms with Gasteiger partial charge in [-0.1, -0.05) is 12.1 Å². The molecule has 0 radical (unpaired) electrons. The quantitative estimate of drug-likeness (QED) is 0.707. The van der Waals surface area contributed by atoms with E-state index in [1.807, 2.05) is 35.8 Å². The van der Waals surface area contributed by atoms with Gasteiger partial charge in [0.05, 0.1) is 28.9 Å². The third kappa shape index (κ3) is 3.15. The molecule has 3 atom stereocenters. The lowest BCUT2D eigenvalue weighted by Gasteiger charge is -2.28. The van der Waals surface area contributed by atoms with E-state index in [1.54, 1.807) is 18.4 Å². The molecular formula is C21H22ClN3O2S. The highest BCUT2D eigenvalue weighted by molar-refractivity contribution is 7.16. The predicted octanol–water partition coefficient (Wildman–Crippen LogP) is 3.76. The summed E-state index contributed by atoms with van der Waals surface area (Å²) in [5.41, 5.74) is 4.70. The van der Waals surface area contributed by atoms with E-state index in [9.17, 15) is 4.79 Å². The number of rotatable bonds is 3. The smallest absolute Gasteiger partial charge is 0.254 e. The number of hydrogen-bond acceptors (Lipinski definition) is 5. The van der Waals surface area contributed by atoms with Crippen LogP contribution in [0.1, 0.15) is 22.0 Å². The Hall–Kier alpha value is -2.15. The normalized spacial score (nSPS) is 23.5. The topological polar surface area (TPSA) is 54.5 Å². The number of aromatic nitrogens is 1. The number of methoxy groups -OCH3 is 1. The van der Waals surface area contributed by atoms with Crippen molar-refractivity contribution in [2.24, 2.45) is 11.8 Å². The molecule has 1 aromatic heterocycles. The minimum Gasteiger partial charge on any atom is -0.497 e. The maximum absolute atomic E-state index is 13.4. The molecule has 3 heterocycles. The van der Waals surface area contributed by atoms with Crippen LogP contribution in [0.2, 0.25) is 0 Å². The molecule has 2 aromatic carbocycles. The predicted molar refractivity (Wildman–Crippen MR) is 113 cm³/mol. The second-order valence-corrected chi connectivity index (χ2v) is 8.18. The van der Waals surface area contributed by atoms with Gasteiger partial charge in [-0.25, -0.2) is 4.98 Å². The molecule has 2 fully saturated rings. The van der Waals surface area contributed by atoms with Crippen LogP contribution < -0.4 is 10.1 Å². The molecule has 0 saturated carbocycles. The SMILES string of the molecule is COc1ccc([C@@H]2[C@H]3CNC[C@H]3CN2C(=O)c2ccc3ncsc3c2)cc1.Cl. The van der Waals surface area contributed by atoms with Crippen LogP contribution in [0.25, 0.3) is 10.2 Å². The molecule has 2 saturated heterocycles. The van der Waals surface area contributed by atoms with E-state index in [1.165, 1.54) is 5.56 Å². The Bertz CT molecular complexity index is 991. The molecule has 2 aliphatic heterocycles. The number of ether oxygens (including phenoxy) is 1. The standard InChI is InChI=1S/C21H21N3O2S.ClH/c1-26-16-5-2-13(3-6-16)20-17-10-22-9-15(17)11-24(20)21(25)14-4-7-18-19(8-14)27-12-23-18;/h2-8,12,15,17,20,22H,9-11H2,1H3;1H/t15-,17-,20+;/m0./s1. The molecule has 5 nitrogen and oxygen atoms in total. The summed E-state index contributed by atoms with van der Waals surface area (Å²) in [4.78, 5) is 19.8. The Morgan fingerprint density at radius 1 is 1.21 bits per heavy atom. The van der Waals surface area contributed by atoms with Crippen molar-refractivity contribution in [1.29, 1.82) is 0 Å². The van der Waals surface area contributed by atoms with Gasteiger partial charge in [-0.15, -0.1) is 23.7 Å². The highest BCUT2D eigenvalue weighted by atomic mass is 35.5. The Kier molecular flexibility index (Phi) is 5.27. The number of amides is 1. The molecule has 1 N–H and O–H groups in total. The Balaban J connectivity index is 0.00000192. The molecule has 0 aliphatic carbocycles. The first-order valence-electron chi connectivity index (χ1n) is 9.23. The molecular weight excluding hydrogens is 394 g/mol. The Morgan fingerprint density at radius 2 is 2.04 bits per heavy atom. The fraction of sp³-hybridized carbons (Fsp3) is 0.333. The van der Waals surface area contributed by atoms with Crippen molar-refractivity contribution in [3.05, 3.63) is 59.1 Å². The van der Waals surface area contributed by atoms with Gasteiger partial charge < -0.3 is 15.0 Å². The van der Waals surface area contributed by atoms with Gasteiger partial charge in [0.25, 0.3) is 5.91 Å². The van der Waals surface area contributed by atoms with Crippen LogP contribution >= 0.6 is 23.7 Å². The third-order valence-corrected chi connectivity index (χ3v) is 6.65. The summed E-state index contributed by atoms with van der Waals surface area (Å²) in [5, 5.41) is 3.50. The molecule has 3 aromatic rings. The van der Waals surface area contributed by atoms with Crippen molar-refractivity contribution in [2.45, 2.75) is 6.04 Å². The van der Waals surface area contributed by atoms with E-state index in [0.717, 1.165) is 41.2 Å². The lowest BCUT2D eigenvalue weighted by molar-refractivity contribution is 0.0714. The molecule has 0 bridgehead atoms. The van der Waals surface area contributed by atoms with Crippen molar-refractivity contribution >= 4 is 39.9 Å². The zero-order chi connectivity index (χ0) is 18.4. The van der Waals surface area contributed by atoms with Gasteiger partial charge in [0.2, 0.25) is 0 Å². The van der Waals surface area contributed by atoms with E-state index >= 15 is 0 Å². The minimum atomic E-state index is 0. The second kappa shape index (κ2) is 7.70. The maximum Gasteiger partial charge on any atom is 0.254 e. The number of nitrogens with one attached hydrogen (secondary N) is 1. The average Bonchev–Trinajstić information content (AvgIpc) is 3.42. The number of halogens is 1. The Morgan fingerprint density at radius 3 is 2.82 bits per heavy atom. The molecule has 1 amide bonds. The number of carbonyl (C=O) groups excluding carboxylic acids is 1. The van der Waals surface area contributed by atoms with Gasteiger partial charge >= 0.3 is 0 Å². The van der Waals surface area contributed by atoms with E-state index in [0.29, 0.717) is 11.8 Å². The summed E-state index contributed by atoms with van der Waals surface area (Å²) in [6, 6.07) is 14.1. The minimum absolute atomic E-state index is 0. The second-order valence-electron chi connectivity index (χ2n) is 7.29. The lowest BCUT2D eigenvalue weighted by atomic mass is 9.89. The van der Waals surface area contributed by atoms with E-state index < -0.39 is 0 Å². The summed E-state index contributed by atoms with van der Waals surface area (Å²) in [6.07, 6.45) is 0. The van der Waals surface area contributed by atoms with Gasteiger partial charge in [-0.2, -0.15) is 0 Å². The first-order chi connectivity index (χ1) is 13.2. The van der Waals surface area contributed by atoms with Crippen molar-refractivity contribution in [3.63, 3.8) is 0 Å². The molecule has 0 spiro atoms. The molecule has 0 unspecified atom stereocenters. The largest absolute Gasteiger partial charge is 0.497 e. The van der Waals surface area contributed by atoms with Gasteiger partial charge in [0.1, 0.15) is 5.75 Å². The van der Waals surface area contributed by atoms with E-state index in [4.69, 9.17) is 4.74 Å². The maximum atomic E-state index is 13.4. The van der Waals surface area contributed by atoms with Gasteiger partial charge in [-0.3, -0.25) is 4.79 Å². The summed E-state index contributed by atoms with van der Waals surface area (Å²) < 4.78 is 6.36. The summed E-state index contributed by atoms with van der Waals surface area (Å²) in [7, 11) is 1.67. The fourth-order valence-electron chi connectivity index (χ4n) is 4.51. The van der Waals surface area contributed by atoms with E-state index in [2.05, 4.69) is 27.3 Å². The number of carbonyl (C=O) groups is 1. The summed E-state index contributed by atoms with van der Waals surface area (Å²) >= 11 is 1.57. The van der Waals surface area contributed by atoms with Crippen LogP contribution in [-0.2, 0) is 0 Å². The summed E-state index contributed by atoms with van der Waals surface area (Å²) in [6.45, 7) is 2.74. The number of thiazole rings is 1. The van der Waals surface area contributed by atoms with Crippen molar-refractivity contribution in [1.82, 2.24) is 15.2 Å². The fourth-order valence-corrected chi connectivity index (χ4v) is 5.23. The van der Waals surface area contributed by atoms with E-state index in [-0.39, 0.29) is 24.4 Å². The number of fused-ring (bicyclic) bond motifs is 2. The molecule has 2 aliphatic rings. The first kappa shape index (κ1) is 19.2. The van der Waals surface area contributed by atoms with Crippen molar-refractivity contribution in [3.8, 4) is 5.75 Å². The Labute approximate surface area is 174 Å². The first-order valence-corrected chi connectivity index (χ1v) is 10.1. The zero-order valence-electron chi connectivity index (χ0n) is 15.5. The van der Waals surface area contributed by atoms with Crippen molar-refractivity contribution < 1.29 is 9.53 Å². The van der Waals surface area contributed by atoms with Crippen LogP contribution in [-0.4, -0.2) is 42.5 Å². The van der Waals surface area contributed by atoms with Crippen LogP contribution in [0.15, 0.2) is 48.0 Å². The monoisotopic (exact) mass is 415 g/mol. The van der Waals surface area contributed by atoms with Crippen LogP contribution in [0.5, 0.6) is 5.75 Å². The summed E-state index contributed by atoms with van der Waals surface area (Å²) in [5.74, 6) is 1.91. The molecule has 7 heteroatoms. The number of likely N-dealkylation sites (tertiary alicyclic amines) is 1. The number of benzene rings is 2. The van der Waals surface area contributed by atoms with Crippen LogP contribution in [0.4, 0.5) is 0 Å². The number of hydrogen-bond donors (Lipinski definition) is 1. The molecule has 146 valence electrons. The van der Waals surface area contributed by atoms with Gasteiger partial charge in [0, 0.05) is 31.1 Å². The van der Waals surface area contributed by atoms with Crippen LogP contribution in [0.3, 0.4) is 0 Å². The number of nitrogens with zero attached hydrogens (tertiary/aromatic N) is 2. The van der Waals surface area contributed by atoms with Gasteiger partial charge in [-0.05, 0) is 41.8 Å². The average molecular weight is 416 g/mol.